The fraction of sp³-hybridized carbons (Fsp3) is 0.333. The molecule has 1 saturated heterocycles. The summed E-state index contributed by atoms with van der Waals surface area (Å²) in [7, 11) is -3.60. The Morgan fingerprint density at radius 2 is 1.61 bits per heavy atom. The minimum Gasteiger partial charge on any atom is -0.270 e. The summed E-state index contributed by atoms with van der Waals surface area (Å²) in [5, 5.41) is 0. The Kier molecular flexibility index (Phi) is 5.53. The molecule has 28 heavy (non-hydrogen) atoms. The van der Waals surface area contributed by atoms with Crippen LogP contribution in [0.25, 0.3) is 6.08 Å². The molecule has 1 aliphatic heterocycles. The Bertz CT molecular complexity index is 1020. The van der Waals surface area contributed by atoms with Crippen LogP contribution in [0.3, 0.4) is 0 Å². The van der Waals surface area contributed by atoms with Gasteiger partial charge in [0.05, 0.1) is 4.90 Å². The maximum Gasteiger partial charge on any atom is 0.264 e. The van der Waals surface area contributed by atoms with Gasteiger partial charge in [-0.25, -0.2) is 8.42 Å². The molecular weight excluding hydrogens is 366 g/mol. The van der Waals surface area contributed by atoms with Gasteiger partial charge >= 0.3 is 0 Å². The number of benzene rings is 2. The van der Waals surface area contributed by atoms with Crippen LogP contribution in [0.15, 0.2) is 59.1 Å². The molecule has 0 radical (unpaired) electrons. The average Bonchev–Trinajstić information content (AvgIpc) is 3.03. The molecule has 148 valence electrons. The zero-order valence-electron chi connectivity index (χ0n) is 17.4. The molecule has 0 amide bonds. The van der Waals surface area contributed by atoms with Crippen LogP contribution in [-0.2, 0) is 10.0 Å². The zero-order chi connectivity index (χ0) is 20.6. The van der Waals surface area contributed by atoms with Gasteiger partial charge in [0.15, 0.2) is 0 Å². The van der Waals surface area contributed by atoms with Crippen LogP contribution in [0.4, 0.5) is 0 Å². The highest BCUT2D eigenvalue weighted by Crippen LogP contribution is 2.37. The lowest BCUT2D eigenvalue weighted by Crippen LogP contribution is -2.28. The number of hydrogen-bond acceptors (Lipinski definition) is 2. The topological polar surface area (TPSA) is 37.4 Å². The molecule has 2 aromatic rings. The number of aryl methyl sites for hydroxylation is 4. The highest BCUT2D eigenvalue weighted by atomic mass is 32.2. The van der Waals surface area contributed by atoms with Gasteiger partial charge in [-0.15, -0.1) is 0 Å². The van der Waals surface area contributed by atoms with E-state index < -0.39 is 10.0 Å². The van der Waals surface area contributed by atoms with Crippen LogP contribution in [-0.4, -0.2) is 19.3 Å². The van der Waals surface area contributed by atoms with E-state index in [1.807, 2.05) is 26.0 Å². The molecule has 1 fully saturated rings. The van der Waals surface area contributed by atoms with Gasteiger partial charge in [-0.3, -0.25) is 4.31 Å². The maximum absolute atomic E-state index is 13.4. The Morgan fingerprint density at radius 1 is 1.04 bits per heavy atom. The van der Waals surface area contributed by atoms with Crippen LogP contribution in [0.5, 0.6) is 0 Å². The summed E-state index contributed by atoms with van der Waals surface area (Å²) in [6.07, 6.45) is 2.74. The van der Waals surface area contributed by atoms with Crippen molar-refractivity contribution >= 4 is 16.1 Å². The lowest BCUT2D eigenvalue weighted by atomic mass is 9.96. The van der Waals surface area contributed by atoms with Gasteiger partial charge in [0.1, 0.15) is 0 Å². The molecule has 4 heteroatoms. The average molecular weight is 396 g/mol. The highest BCUT2D eigenvalue weighted by molar-refractivity contribution is 7.89. The molecule has 1 heterocycles. The first-order valence-electron chi connectivity index (χ1n) is 9.63. The number of allylic oxidation sites excluding steroid dienone is 1. The molecule has 3 nitrogen and oxygen atoms in total. The van der Waals surface area contributed by atoms with Crippen LogP contribution in [0, 0.1) is 33.6 Å². The summed E-state index contributed by atoms with van der Waals surface area (Å²) >= 11 is 0. The largest absolute Gasteiger partial charge is 0.270 e. The van der Waals surface area contributed by atoms with E-state index in [1.54, 1.807) is 16.4 Å². The summed E-state index contributed by atoms with van der Waals surface area (Å²) in [5.74, 6) is 0.137. The monoisotopic (exact) mass is 395 g/mol. The first-order valence-corrected chi connectivity index (χ1v) is 11.1. The Labute approximate surface area is 169 Å². The van der Waals surface area contributed by atoms with E-state index in [1.165, 1.54) is 5.56 Å². The van der Waals surface area contributed by atoms with Crippen molar-refractivity contribution in [1.82, 2.24) is 4.31 Å². The lowest BCUT2D eigenvalue weighted by Gasteiger charge is -2.21. The second kappa shape index (κ2) is 7.59. The molecular formula is C24H29NO2S. The zero-order valence-corrected chi connectivity index (χ0v) is 18.2. The van der Waals surface area contributed by atoms with E-state index in [-0.39, 0.29) is 5.92 Å². The molecule has 0 aromatic heterocycles. The van der Waals surface area contributed by atoms with Gasteiger partial charge in [0, 0.05) is 18.2 Å². The van der Waals surface area contributed by atoms with Crippen molar-refractivity contribution in [2.45, 2.75) is 45.9 Å². The number of rotatable bonds is 4. The standard InChI is InChI=1S/C24H29NO2S/c1-16(2)21-13-22(14-24-19(5)11-18(4)12-20(24)6)25(15-21)28(26,27)23-9-7-17(3)8-10-23/h7-12,14,21H,1,13,15H2,2-6H3/b22-14+. The third-order valence-electron chi connectivity index (χ3n) is 5.52. The Balaban J connectivity index is 2.10. The lowest BCUT2D eigenvalue weighted by molar-refractivity contribution is 0.496. The fourth-order valence-corrected chi connectivity index (χ4v) is 5.42. The molecule has 0 spiro atoms. The summed E-state index contributed by atoms with van der Waals surface area (Å²) < 4.78 is 28.4. The van der Waals surface area contributed by atoms with Gasteiger partial charge in [0.25, 0.3) is 10.0 Å². The quantitative estimate of drug-likeness (QED) is 0.637. The summed E-state index contributed by atoms with van der Waals surface area (Å²) in [6.45, 7) is 14.7. The number of nitrogens with zero attached hydrogens (tertiary/aromatic N) is 1. The molecule has 0 aliphatic carbocycles. The van der Waals surface area contributed by atoms with Crippen molar-refractivity contribution in [3.8, 4) is 0 Å². The van der Waals surface area contributed by atoms with Gasteiger partial charge in [-0.2, -0.15) is 0 Å². The second-order valence-corrected chi connectivity index (χ2v) is 9.91. The van der Waals surface area contributed by atoms with Crippen molar-refractivity contribution in [3.05, 3.63) is 82.1 Å². The van der Waals surface area contributed by atoms with Crippen molar-refractivity contribution < 1.29 is 8.42 Å². The number of hydrogen-bond donors (Lipinski definition) is 0. The molecule has 0 bridgehead atoms. The Morgan fingerprint density at radius 3 is 2.14 bits per heavy atom. The van der Waals surface area contributed by atoms with E-state index in [2.05, 4.69) is 45.6 Å². The van der Waals surface area contributed by atoms with Crippen LogP contribution < -0.4 is 0 Å². The smallest absolute Gasteiger partial charge is 0.264 e. The van der Waals surface area contributed by atoms with E-state index >= 15 is 0 Å². The van der Waals surface area contributed by atoms with Gasteiger partial charge < -0.3 is 0 Å². The first kappa shape index (κ1) is 20.4. The van der Waals surface area contributed by atoms with E-state index in [0.717, 1.165) is 33.5 Å². The first-order chi connectivity index (χ1) is 13.1. The molecule has 0 saturated carbocycles. The second-order valence-electron chi connectivity index (χ2n) is 8.04. The van der Waals surface area contributed by atoms with E-state index in [4.69, 9.17) is 0 Å². The molecule has 0 N–H and O–H groups in total. The molecule has 1 aliphatic rings. The minimum atomic E-state index is -3.60. The predicted molar refractivity (Wildman–Crippen MR) is 117 cm³/mol. The maximum atomic E-state index is 13.4. The van der Waals surface area contributed by atoms with Gasteiger partial charge in [-0.1, -0.05) is 47.5 Å². The predicted octanol–water partition coefficient (Wildman–Crippen LogP) is 5.55. The third kappa shape index (κ3) is 3.93. The summed E-state index contributed by atoms with van der Waals surface area (Å²) in [5.41, 5.74) is 7.54. The van der Waals surface area contributed by atoms with Gasteiger partial charge in [0.2, 0.25) is 0 Å². The molecule has 2 aromatic carbocycles. The van der Waals surface area contributed by atoms with Crippen LogP contribution in [0.1, 0.15) is 41.2 Å². The SMILES string of the molecule is C=C(C)C1C/C(=C\c2c(C)cc(C)cc2C)N(S(=O)(=O)c2ccc(C)cc2)C1. The van der Waals surface area contributed by atoms with E-state index in [0.29, 0.717) is 17.9 Å². The molecule has 1 atom stereocenters. The van der Waals surface area contributed by atoms with E-state index in [9.17, 15) is 8.42 Å². The highest BCUT2D eigenvalue weighted by Gasteiger charge is 2.36. The Hall–Kier alpha value is -2.33. The van der Waals surface area contributed by atoms with Gasteiger partial charge in [-0.05, 0) is 75.9 Å². The van der Waals surface area contributed by atoms with Crippen molar-refractivity contribution in [2.24, 2.45) is 5.92 Å². The van der Waals surface area contributed by atoms with Crippen molar-refractivity contribution in [2.75, 3.05) is 6.54 Å². The normalized spacial score (nSPS) is 18.7. The molecule has 3 rings (SSSR count). The fourth-order valence-electron chi connectivity index (χ4n) is 3.87. The third-order valence-corrected chi connectivity index (χ3v) is 7.35. The summed E-state index contributed by atoms with van der Waals surface area (Å²) in [6, 6.07) is 11.4. The van der Waals surface area contributed by atoms with Crippen molar-refractivity contribution in [3.63, 3.8) is 0 Å². The van der Waals surface area contributed by atoms with Crippen molar-refractivity contribution in [1.29, 1.82) is 0 Å². The van der Waals surface area contributed by atoms with Crippen LogP contribution in [0.2, 0.25) is 0 Å². The molecule has 1 unspecified atom stereocenters. The number of sulfonamides is 1. The summed E-state index contributed by atoms with van der Waals surface area (Å²) in [4.78, 5) is 0.337. The minimum absolute atomic E-state index is 0.137. The van der Waals surface area contributed by atoms with Crippen LogP contribution >= 0.6 is 0 Å².